The van der Waals surface area contributed by atoms with Gasteiger partial charge in [0.2, 0.25) is 5.95 Å². The number of nitrogens with one attached hydrogen (secondary N) is 1. The Hall–Kier alpha value is -1.36. The second-order valence-electron chi connectivity index (χ2n) is 4.98. The van der Waals surface area contributed by atoms with E-state index >= 15 is 0 Å². The van der Waals surface area contributed by atoms with Gasteiger partial charge in [-0.25, -0.2) is 4.98 Å². The molecule has 0 aliphatic heterocycles. The third kappa shape index (κ3) is 2.56. The lowest BCUT2D eigenvalue weighted by Gasteiger charge is -2.36. The molecule has 2 rings (SSSR count). The molecule has 1 aromatic heterocycles. The second-order valence-corrected chi connectivity index (χ2v) is 4.98. The van der Waals surface area contributed by atoms with E-state index in [0.717, 1.165) is 30.6 Å². The van der Waals surface area contributed by atoms with Gasteiger partial charge in [-0.3, -0.25) is 0 Å². The predicted molar refractivity (Wildman–Crippen MR) is 73.0 cm³/mol. The highest BCUT2D eigenvalue weighted by Crippen LogP contribution is 2.27. The molecule has 1 aliphatic rings. The van der Waals surface area contributed by atoms with E-state index in [1.807, 2.05) is 27.2 Å². The van der Waals surface area contributed by atoms with Crippen LogP contribution in [0.4, 0.5) is 11.8 Å². The van der Waals surface area contributed by atoms with E-state index in [2.05, 4.69) is 20.2 Å². The molecule has 0 amide bonds. The van der Waals surface area contributed by atoms with Crippen LogP contribution in [0.5, 0.6) is 0 Å². The molecule has 0 spiro atoms. The molecular formula is C13H22N4O. The molecular weight excluding hydrogens is 228 g/mol. The average Bonchev–Trinajstić information content (AvgIpc) is 2.39. The highest BCUT2D eigenvalue weighted by molar-refractivity contribution is 5.49. The lowest BCUT2D eigenvalue weighted by Crippen LogP contribution is -2.44. The maximum Gasteiger partial charge on any atom is 0.224 e. The van der Waals surface area contributed by atoms with Gasteiger partial charge >= 0.3 is 0 Å². The molecule has 5 heteroatoms. The summed E-state index contributed by atoms with van der Waals surface area (Å²) in [4.78, 5) is 10.8. The summed E-state index contributed by atoms with van der Waals surface area (Å²) in [6, 6.07) is 0.164. The number of rotatable bonds is 3. The molecule has 1 heterocycles. The Morgan fingerprint density at radius 3 is 2.78 bits per heavy atom. The normalized spacial score (nSPS) is 23.8. The van der Waals surface area contributed by atoms with Crippen LogP contribution in [0.15, 0.2) is 6.20 Å². The van der Waals surface area contributed by atoms with Crippen molar-refractivity contribution in [1.82, 2.24) is 9.97 Å². The van der Waals surface area contributed by atoms with Crippen molar-refractivity contribution in [3.05, 3.63) is 11.8 Å². The first-order valence-electron chi connectivity index (χ1n) is 6.55. The first-order chi connectivity index (χ1) is 8.63. The fraction of sp³-hybridized carbons (Fsp3) is 0.692. The topological polar surface area (TPSA) is 61.3 Å². The van der Waals surface area contributed by atoms with E-state index in [-0.39, 0.29) is 12.1 Å². The van der Waals surface area contributed by atoms with E-state index in [1.165, 1.54) is 6.42 Å². The van der Waals surface area contributed by atoms with Crippen LogP contribution in [0.1, 0.15) is 31.2 Å². The summed E-state index contributed by atoms with van der Waals surface area (Å²) >= 11 is 0. The Bertz CT molecular complexity index is 410. The van der Waals surface area contributed by atoms with Gasteiger partial charge in [-0.2, -0.15) is 4.98 Å². The van der Waals surface area contributed by atoms with Crippen LogP contribution in [0.2, 0.25) is 0 Å². The number of nitrogens with zero attached hydrogens (tertiary/aromatic N) is 3. The van der Waals surface area contributed by atoms with E-state index in [9.17, 15) is 5.11 Å². The van der Waals surface area contributed by atoms with Gasteiger partial charge in [-0.1, -0.05) is 12.8 Å². The minimum Gasteiger partial charge on any atom is -0.391 e. The van der Waals surface area contributed by atoms with Crippen LogP contribution in [0, 0.1) is 6.92 Å². The molecule has 2 N–H and O–H groups in total. The molecule has 1 saturated carbocycles. The average molecular weight is 250 g/mol. The van der Waals surface area contributed by atoms with Gasteiger partial charge in [0.05, 0.1) is 12.1 Å². The minimum atomic E-state index is -0.254. The van der Waals surface area contributed by atoms with Crippen LogP contribution < -0.4 is 10.2 Å². The molecule has 2 unspecified atom stereocenters. The van der Waals surface area contributed by atoms with Crippen molar-refractivity contribution in [2.45, 2.75) is 44.8 Å². The van der Waals surface area contributed by atoms with E-state index in [0.29, 0.717) is 5.95 Å². The van der Waals surface area contributed by atoms with Gasteiger partial charge in [-0.05, 0) is 19.8 Å². The van der Waals surface area contributed by atoms with Gasteiger partial charge in [0.15, 0.2) is 0 Å². The van der Waals surface area contributed by atoms with Crippen molar-refractivity contribution < 1.29 is 5.11 Å². The Morgan fingerprint density at radius 2 is 2.11 bits per heavy atom. The number of hydrogen-bond acceptors (Lipinski definition) is 5. The van der Waals surface area contributed by atoms with E-state index in [4.69, 9.17) is 0 Å². The number of likely N-dealkylation sites (N-methyl/N-ethyl adjacent to an activating group) is 1. The third-order valence-corrected chi connectivity index (χ3v) is 3.69. The van der Waals surface area contributed by atoms with Gasteiger partial charge < -0.3 is 15.3 Å². The Labute approximate surface area is 108 Å². The molecule has 1 fully saturated rings. The van der Waals surface area contributed by atoms with E-state index < -0.39 is 0 Å². The van der Waals surface area contributed by atoms with Gasteiger partial charge in [-0.15, -0.1) is 0 Å². The third-order valence-electron chi connectivity index (χ3n) is 3.69. The molecule has 0 bridgehead atoms. The fourth-order valence-electron chi connectivity index (χ4n) is 2.61. The molecule has 5 nitrogen and oxygen atoms in total. The zero-order valence-electron chi connectivity index (χ0n) is 11.3. The molecule has 18 heavy (non-hydrogen) atoms. The summed E-state index contributed by atoms with van der Waals surface area (Å²) in [5, 5.41) is 13.1. The Kier molecular flexibility index (Phi) is 4.01. The number of aromatic nitrogens is 2. The van der Waals surface area contributed by atoms with E-state index in [1.54, 1.807) is 0 Å². The highest BCUT2D eigenvalue weighted by Gasteiger charge is 2.28. The maximum absolute atomic E-state index is 10.1. The predicted octanol–water partition coefficient (Wildman–Crippen LogP) is 1.57. The quantitative estimate of drug-likeness (QED) is 0.852. The van der Waals surface area contributed by atoms with Gasteiger partial charge in [0.25, 0.3) is 0 Å². The second kappa shape index (κ2) is 5.52. The fourth-order valence-corrected chi connectivity index (χ4v) is 2.61. The molecule has 1 aliphatic carbocycles. The molecule has 0 saturated heterocycles. The zero-order chi connectivity index (χ0) is 13.1. The lowest BCUT2D eigenvalue weighted by molar-refractivity contribution is 0.106. The van der Waals surface area contributed by atoms with Crippen molar-refractivity contribution in [2.75, 3.05) is 24.3 Å². The summed E-state index contributed by atoms with van der Waals surface area (Å²) in [5.74, 6) is 1.52. The zero-order valence-corrected chi connectivity index (χ0v) is 11.3. The number of anilines is 2. The van der Waals surface area contributed by atoms with Crippen LogP contribution >= 0.6 is 0 Å². The van der Waals surface area contributed by atoms with Crippen molar-refractivity contribution in [3.63, 3.8) is 0 Å². The summed E-state index contributed by atoms with van der Waals surface area (Å²) in [6.07, 6.45) is 5.77. The van der Waals surface area contributed by atoms with Crippen LogP contribution in [0.3, 0.4) is 0 Å². The van der Waals surface area contributed by atoms with Crippen LogP contribution in [-0.2, 0) is 0 Å². The molecule has 2 atom stereocenters. The van der Waals surface area contributed by atoms with Crippen molar-refractivity contribution >= 4 is 11.8 Å². The monoisotopic (exact) mass is 250 g/mol. The smallest absolute Gasteiger partial charge is 0.224 e. The number of aryl methyl sites for hydroxylation is 1. The minimum absolute atomic E-state index is 0.164. The maximum atomic E-state index is 10.1. The lowest BCUT2D eigenvalue weighted by atomic mass is 9.91. The van der Waals surface area contributed by atoms with Crippen molar-refractivity contribution in [3.8, 4) is 0 Å². The molecule has 0 radical (unpaired) electrons. The van der Waals surface area contributed by atoms with Crippen molar-refractivity contribution in [2.24, 2.45) is 0 Å². The van der Waals surface area contributed by atoms with Gasteiger partial charge in [0, 0.05) is 25.9 Å². The van der Waals surface area contributed by atoms with Crippen LogP contribution in [-0.4, -0.2) is 41.3 Å². The summed E-state index contributed by atoms with van der Waals surface area (Å²) in [6.45, 7) is 2.00. The molecule has 100 valence electrons. The standard InChI is InChI=1S/C13H22N4O/c1-9-8-15-13(14-2)16-12(9)17(3)10-6-4-5-7-11(10)18/h8,10-11,18H,4-7H2,1-3H3,(H,14,15,16). The summed E-state index contributed by atoms with van der Waals surface area (Å²) in [5.41, 5.74) is 1.04. The largest absolute Gasteiger partial charge is 0.391 e. The SMILES string of the molecule is CNc1ncc(C)c(N(C)C2CCCCC2O)n1. The molecule has 1 aromatic rings. The first kappa shape index (κ1) is 13.1. The molecule has 0 aromatic carbocycles. The highest BCUT2D eigenvalue weighted by atomic mass is 16.3. The summed E-state index contributed by atoms with van der Waals surface area (Å²) < 4.78 is 0. The Morgan fingerprint density at radius 1 is 1.39 bits per heavy atom. The number of aliphatic hydroxyl groups is 1. The first-order valence-corrected chi connectivity index (χ1v) is 6.55. The summed E-state index contributed by atoms with van der Waals surface area (Å²) in [7, 11) is 3.82. The van der Waals surface area contributed by atoms with Gasteiger partial charge in [0.1, 0.15) is 5.82 Å². The van der Waals surface area contributed by atoms with Crippen molar-refractivity contribution in [1.29, 1.82) is 0 Å². The number of hydrogen-bond donors (Lipinski definition) is 2. The number of aliphatic hydroxyl groups excluding tert-OH is 1. The van der Waals surface area contributed by atoms with Crippen LogP contribution in [0.25, 0.3) is 0 Å². The Balaban J connectivity index is 2.23.